The van der Waals surface area contributed by atoms with Gasteiger partial charge in [-0.05, 0) is 25.3 Å². The Labute approximate surface area is 92.5 Å². The lowest BCUT2D eigenvalue weighted by Crippen LogP contribution is -2.43. The van der Waals surface area contributed by atoms with Crippen LogP contribution in [-0.2, 0) is 9.84 Å². The van der Waals surface area contributed by atoms with Crippen molar-refractivity contribution in [3.63, 3.8) is 0 Å². The van der Waals surface area contributed by atoms with Crippen molar-refractivity contribution in [2.45, 2.75) is 31.7 Å². The molecule has 4 nitrogen and oxygen atoms in total. The summed E-state index contributed by atoms with van der Waals surface area (Å²) >= 11 is 0. The summed E-state index contributed by atoms with van der Waals surface area (Å²) in [5, 5.41) is 3.32. The van der Waals surface area contributed by atoms with Crippen molar-refractivity contribution in [2.24, 2.45) is 11.7 Å². The molecule has 0 aromatic carbocycles. The van der Waals surface area contributed by atoms with Gasteiger partial charge in [0.25, 0.3) is 0 Å². The SMILES string of the molecule is CS(=O)(=O)CCNC1CCCCC1CN. The maximum Gasteiger partial charge on any atom is 0.148 e. The fourth-order valence-electron chi connectivity index (χ4n) is 2.19. The van der Waals surface area contributed by atoms with E-state index in [9.17, 15) is 8.42 Å². The van der Waals surface area contributed by atoms with Gasteiger partial charge in [0.2, 0.25) is 0 Å². The van der Waals surface area contributed by atoms with Gasteiger partial charge < -0.3 is 11.1 Å². The van der Waals surface area contributed by atoms with Gasteiger partial charge in [0, 0.05) is 18.8 Å². The van der Waals surface area contributed by atoms with Gasteiger partial charge in [0.15, 0.2) is 0 Å². The first-order valence-corrected chi connectivity index (χ1v) is 7.70. The van der Waals surface area contributed by atoms with Crippen LogP contribution >= 0.6 is 0 Å². The fourth-order valence-corrected chi connectivity index (χ4v) is 2.68. The van der Waals surface area contributed by atoms with Gasteiger partial charge in [0.1, 0.15) is 9.84 Å². The summed E-state index contributed by atoms with van der Waals surface area (Å²) in [6.45, 7) is 1.26. The normalized spacial score (nSPS) is 27.9. The second kappa shape index (κ2) is 5.82. The highest BCUT2D eigenvalue weighted by Crippen LogP contribution is 2.23. The van der Waals surface area contributed by atoms with E-state index in [-0.39, 0.29) is 5.75 Å². The summed E-state index contributed by atoms with van der Waals surface area (Å²) in [5.74, 6) is 0.749. The quantitative estimate of drug-likeness (QED) is 0.709. The van der Waals surface area contributed by atoms with E-state index in [4.69, 9.17) is 5.73 Å². The predicted octanol–water partition coefficient (Wildman–Crippen LogP) is 0.138. The second-order valence-electron chi connectivity index (χ2n) is 4.47. The number of hydrogen-bond donors (Lipinski definition) is 2. The van der Waals surface area contributed by atoms with Crippen LogP contribution in [0.2, 0.25) is 0 Å². The van der Waals surface area contributed by atoms with Crippen LogP contribution in [-0.4, -0.2) is 39.6 Å². The molecule has 1 fully saturated rings. The van der Waals surface area contributed by atoms with Crippen molar-refractivity contribution in [2.75, 3.05) is 25.1 Å². The zero-order valence-electron chi connectivity index (χ0n) is 9.41. The summed E-state index contributed by atoms with van der Waals surface area (Å²) in [6.07, 6.45) is 6.06. The van der Waals surface area contributed by atoms with Crippen LogP contribution in [0.15, 0.2) is 0 Å². The lowest BCUT2D eigenvalue weighted by Gasteiger charge is -2.31. The van der Waals surface area contributed by atoms with Gasteiger partial charge in [-0.3, -0.25) is 0 Å². The van der Waals surface area contributed by atoms with E-state index >= 15 is 0 Å². The molecule has 0 radical (unpaired) electrons. The molecule has 1 rings (SSSR count). The summed E-state index contributed by atoms with van der Waals surface area (Å²) < 4.78 is 21.9. The maximum atomic E-state index is 11.0. The van der Waals surface area contributed by atoms with Gasteiger partial charge in [-0.2, -0.15) is 0 Å². The summed E-state index contributed by atoms with van der Waals surface area (Å²) in [4.78, 5) is 0. The topological polar surface area (TPSA) is 72.2 Å². The van der Waals surface area contributed by atoms with E-state index in [1.54, 1.807) is 0 Å². The Hall–Kier alpha value is -0.130. The number of nitrogens with one attached hydrogen (secondary N) is 1. The molecule has 1 aliphatic carbocycles. The van der Waals surface area contributed by atoms with E-state index in [1.165, 1.54) is 25.5 Å². The molecule has 0 aromatic rings. The third-order valence-corrected chi connectivity index (χ3v) is 4.04. The Balaban J connectivity index is 2.29. The standard InChI is InChI=1S/C10H22N2O2S/c1-15(13,14)7-6-12-10-5-3-2-4-9(10)8-11/h9-10,12H,2-8,11H2,1H3. The van der Waals surface area contributed by atoms with Crippen molar-refractivity contribution in [3.05, 3.63) is 0 Å². The molecule has 1 aliphatic rings. The van der Waals surface area contributed by atoms with Crippen LogP contribution in [0.25, 0.3) is 0 Å². The van der Waals surface area contributed by atoms with Gasteiger partial charge >= 0.3 is 0 Å². The molecule has 2 unspecified atom stereocenters. The van der Waals surface area contributed by atoms with Crippen LogP contribution in [0.4, 0.5) is 0 Å². The van der Waals surface area contributed by atoms with Crippen LogP contribution in [0.5, 0.6) is 0 Å². The van der Waals surface area contributed by atoms with E-state index in [0.29, 0.717) is 25.0 Å². The van der Waals surface area contributed by atoms with E-state index in [0.717, 1.165) is 6.42 Å². The molecule has 15 heavy (non-hydrogen) atoms. The molecule has 0 heterocycles. The van der Waals surface area contributed by atoms with Crippen LogP contribution in [0.3, 0.4) is 0 Å². The first kappa shape index (κ1) is 12.9. The predicted molar refractivity (Wildman–Crippen MR) is 62.5 cm³/mol. The van der Waals surface area contributed by atoms with Gasteiger partial charge in [0.05, 0.1) is 5.75 Å². The third-order valence-electron chi connectivity index (χ3n) is 3.09. The Morgan fingerprint density at radius 1 is 1.33 bits per heavy atom. The molecule has 0 aliphatic heterocycles. The molecule has 0 amide bonds. The lowest BCUT2D eigenvalue weighted by molar-refractivity contribution is 0.272. The smallest absolute Gasteiger partial charge is 0.148 e. The fraction of sp³-hybridized carbons (Fsp3) is 1.00. The number of sulfone groups is 1. The minimum atomic E-state index is -2.84. The molecular weight excluding hydrogens is 212 g/mol. The molecule has 90 valence electrons. The molecule has 0 bridgehead atoms. The molecule has 0 saturated heterocycles. The van der Waals surface area contributed by atoms with Crippen molar-refractivity contribution in [1.29, 1.82) is 0 Å². The van der Waals surface area contributed by atoms with Crippen LogP contribution in [0, 0.1) is 5.92 Å². The van der Waals surface area contributed by atoms with Crippen LogP contribution < -0.4 is 11.1 Å². The largest absolute Gasteiger partial charge is 0.330 e. The first-order valence-electron chi connectivity index (χ1n) is 5.64. The van der Waals surface area contributed by atoms with E-state index in [2.05, 4.69) is 5.32 Å². The Morgan fingerprint density at radius 2 is 2.00 bits per heavy atom. The molecule has 1 saturated carbocycles. The highest BCUT2D eigenvalue weighted by atomic mass is 32.2. The number of hydrogen-bond acceptors (Lipinski definition) is 4. The lowest BCUT2D eigenvalue weighted by atomic mass is 9.84. The summed E-state index contributed by atoms with van der Waals surface area (Å²) in [5.41, 5.74) is 5.69. The number of rotatable bonds is 5. The van der Waals surface area contributed by atoms with Crippen LogP contribution in [0.1, 0.15) is 25.7 Å². The minimum Gasteiger partial charge on any atom is -0.330 e. The molecule has 0 aromatic heterocycles. The zero-order chi connectivity index (χ0) is 11.3. The van der Waals surface area contributed by atoms with Crippen molar-refractivity contribution in [1.82, 2.24) is 5.32 Å². The van der Waals surface area contributed by atoms with Crippen molar-refractivity contribution < 1.29 is 8.42 Å². The highest BCUT2D eigenvalue weighted by Gasteiger charge is 2.23. The minimum absolute atomic E-state index is 0.223. The highest BCUT2D eigenvalue weighted by molar-refractivity contribution is 7.90. The zero-order valence-corrected chi connectivity index (χ0v) is 10.2. The first-order chi connectivity index (χ1) is 7.03. The summed E-state index contributed by atoms with van der Waals surface area (Å²) in [6, 6.07) is 0.422. The van der Waals surface area contributed by atoms with Gasteiger partial charge in [-0.25, -0.2) is 8.42 Å². The molecule has 3 N–H and O–H groups in total. The number of nitrogens with two attached hydrogens (primary N) is 1. The third kappa shape index (κ3) is 4.95. The molecule has 0 spiro atoms. The maximum absolute atomic E-state index is 11.0. The molecule has 2 atom stereocenters. The average molecular weight is 234 g/mol. The van der Waals surface area contributed by atoms with Gasteiger partial charge in [-0.1, -0.05) is 12.8 Å². The Bertz CT molecular complexity index is 277. The van der Waals surface area contributed by atoms with E-state index < -0.39 is 9.84 Å². The Morgan fingerprint density at radius 3 is 2.60 bits per heavy atom. The summed E-state index contributed by atoms with van der Waals surface area (Å²) in [7, 11) is -2.84. The van der Waals surface area contributed by atoms with Crippen molar-refractivity contribution in [3.8, 4) is 0 Å². The molecular formula is C10H22N2O2S. The van der Waals surface area contributed by atoms with Gasteiger partial charge in [-0.15, -0.1) is 0 Å². The monoisotopic (exact) mass is 234 g/mol. The second-order valence-corrected chi connectivity index (χ2v) is 6.73. The van der Waals surface area contributed by atoms with Crippen molar-refractivity contribution >= 4 is 9.84 Å². The van der Waals surface area contributed by atoms with E-state index in [1.807, 2.05) is 0 Å². The Kier molecular flexibility index (Phi) is 5.02. The molecule has 5 heteroatoms. The average Bonchev–Trinajstić information content (AvgIpc) is 2.16.